The topological polar surface area (TPSA) is 71.1 Å². The van der Waals surface area contributed by atoms with E-state index in [2.05, 4.69) is 15.6 Å². The summed E-state index contributed by atoms with van der Waals surface area (Å²) in [6, 6.07) is 12.7. The van der Waals surface area contributed by atoms with Gasteiger partial charge in [0, 0.05) is 21.8 Å². The Labute approximate surface area is 181 Å². The molecule has 5 nitrogen and oxygen atoms in total. The average Bonchev–Trinajstić information content (AvgIpc) is 2.66. The summed E-state index contributed by atoms with van der Waals surface area (Å²) in [6.07, 6.45) is 5.55. The third kappa shape index (κ3) is 3.49. The fourth-order valence-electron chi connectivity index (χ4n) is 6.48. The SMILES string of the molecule is Cc1cccc(NC(=O)C23CC4CC(CC(NC(=O)c5cccc(Cl)c5)(C4)C2)C3)n1. The van der Waals surface area contributed by atoms with Crippen molar-refractivity contribution in [2.45, 2.75) is 51.0 Å². The van der Waals surface area contributed by atoms with Gasteiger partial charge in [0.2, 0.25) is 5.91 Å². The first-order chi connectivity index (χ1) is 14.3. The molecule has 0 radical (unpaired) electrons. The maximum Gasteiger partial charge on any atom is 0.251 e. The summed E-state index contributed by atoms with van der Waals surface area (Å²) in [5.74, 6) is 1.50. The van der Waals surface area contributed by atoms with Gasteiger partial charge < -0.3 is 10.6 Å². The molecule has 2 unspecified atom stereocenters. The lowest BCUT2D eigenvalue weighted by atomic mass is 9.46. The van der Waals surface area contributed by atoms with E-state index in [1.807, 2.05) is 25.1 Å². The van der Waals surface area contributed by atoms with Gasteiger partial charge in [-0.3, -0.25) is 9.59 Å². The van der Waals surface area contributed by atoms with Gasteiger partial charge in [-0.2, -0.15) is 0 Å². The van der Waals surface area contributed by atoms with Crippen LogP contribution in [0.5, 0.6) is 0 Å². The number of benzene rings is 1. The Morgan fingerprint density at radius 1 is 1.07 bits per heavy atom. The van der Waals surface area contributed by atoms with Crippen LogP contribution in [0.3, 0.4) is 0 Å². The van der Waals surface area contributed by atoms with E-state index in [4.69, 9.17) is 11.6 Å². The predicted octanol–water partition coefficient (Wildman–Crippen LogP) is 4.75. The van der Waals surface area contributed by atoms with Crippen LogP contribution in [0.4, 0.5) is 5.82 Å². The van der Waals surface area contributed by atoms with E-state index in [1.54, 1.807) is 24.3 Å². The molecule has 4 aliphatic carbocycles. The molecule has 2 aromatic rings. The molecule has 6 heteroatoms. The van der Waals surface area contributed by atoms with Crippen LogP contribution in [-0.4, -0.2) is 22.3 Å². The predicted molar refractivity (Wildman–Crippen MR) is 116 cm³/mol. The molecule has 4 fully saturated rings. The summed E-state index contributed by atoms with van der Waals surface area (Å²) in [5, 5.41) is 6.95. The van der Waals surface area contributed by atoms with Crippen molar-refractivity contribution in [1.82, 2.24) is 10.3 Å². The second-order valence-corrected chi connectivity index (χ2v) is 10.0. The van der Waals surface area contributed by atoms with E-state index >= 15 is 0 Å². The molecule has 0 spiro atoms. The Morgan fingerprint density at radius 2 is 1.80 bits per heavy atom. The second kappa shape index (κ2) is 7.09. The van der Waals surface area contributed by atoms with Crippen molar-refractivity contribution in [2.75, 3.05) is 5.32 Å². The van der Waals surface area contributed by atoms with Gasteiger partial charge in [0.1, 0.15) is 5.82 Å². The minimum Gasteiger partial charge on any atom is -0.347 e. The van der Waals surface area contributed by atoms with Gasteiger partial charge in [-0.05, 0) is 87.6 Å². The summed E-state index contributed by atoms with van der Waals surface area (Å²) in [5.41, 5.74) is 0.696. The smallest absolute Gasteiger partial charge is 0.251 e. The number of aromatic nitrogens is 1. The molecule has 2 N–H and O–H groups in total. The van der Waals surface area contributed by atoms with E-state index in [0.29, 0.717) is 34.7 Å². The highest BCUT2D eigenvalue weighted by atomic mass is 35.5. The summed E-state index contributed by atoms with van der Waals surface area (Å²) >= 11 is 6.08. The molecule has 30 heavy (non-hydrogen) atoms. The van der Waals surface area contributed by atoms with Crippen molar-refractivity contribution in [3.8, 4) is 0 Å². The molecular formula is C24H26ClN3O2. The number of hydrogen-bond donors (Lipinski definition) is 2. The fraction of sp³-hybridized carbons (Fsp3) is 0.458. The Morgan fingerprint density at radius 3 is 2.50 bits per heavy atom. The standard InChI is InChI=1S/C24H26ClN3O2/c1-15-4-2-7-20(26-15)27-22(30)23-10-16-8-17(11-23)13-24(12-16,14-23)28-21(29)18-5-3-6-19(25)9-18/h2-7,9,16-17H,8,10-14H2,1H3,(H,28,29)(H,26,27,30). The average molecular weight is 424 g/mol. The minimum absolute atomic E-state index is 0.0519. The number of hydrogen-bond acceptors (Lipinski definition) is 3. The molecule has 1 aromatic heterocycles. The van der Waals surface area contributed by atoms with Crippen LogP contribution in [0.2, 0.25) is 5.02 Å². The molecule has 6 rings (SSSR count). The van der Waals surface area contributed by atoms with Crippen LogP contribution >= 0.6 is 11.6 Å². The first kappa shape index (κ1) is 19.6. The highest BCUT2D eigenvalue weighted by Crippen LogP contribution is 2.62. The highest BCUT2D eigenvalue weighted by Gasteiger charge is 2.61. The number of carbonyl (C=O) groups excluding carboxylic acids is 2. The monoisotopic (exact) mass is 423 g/mol. The molecule has 1 aromatic carbocycles. The van der Waals surface area contributed by atoms with E-state index in [1.165, 1.54) is 0 Å². The van der Waals surface area contributed by atoms with Crippen molar-refractivity contribution in [2.24, 2.45) is 17.3 Å². The lowest BCUT2D eigenvalue weighted by Gasteiger charge is -2.61. The van der Waals surface area contributed by atoms with Crippen molar-refractivity contribution < 1.29 is 9.59 Å². The fourth-order valence-corrected chi connectivity index (χ4v) is 6.67. The Kier molecular flexibility index (Phi) is 4.62. The zero-order valence-electron chi connectivity index (χ0n) is 17.1. The molecule has 2 atom stereocenters. The summed E-state index contributed by atoms with van der Waals surface area (Å²) < 4.78 is 0. The van der Waals surface area contributed by atoms with E-state index < -0.39 is 5.41 Å². The van der Waals surface area contributed by atoms with E-state index in [0.717, 1.165) is 37.8 Å². The number of rotatable bonds is 4. The van der Waals surface area contributed by atoms with E-state index in [9.17, 15) is 9.59 Å². The molecule has 1 heterocycles. The molecule has 0 aliphatic heterocycles. The highest BCUT2D eigenvalue weighted by molar-refractivity contribution is 6.30. The lowest BCUT2D eigenvalue weighted by Crippen LogP contribution is -2.65. The van der Waals surface area contributed by atoms with Crippen molar-refractivity contribution in [3.63, 3.8) is 0 Å². The molecule has 4 saturated carbocycles. The summed E-state index contributed by atoms with van der Waals surface area (Å²) in [4.78, 5) is 30.9. The minimum atomic E-state index is -0.433. The molecule has 156 valence electrons. The van der Waals surface area contributed by atoms with Crippen molar-refractivity contribution in [3.05, 3.63) is 58.7 Å². The maximum atomic E-state index is 13.4. The normalized spacial score (nSPS) is 31.4. The van der Waals surface area contributed by atoms with Crippen LogP contribution in [-0.2, 0) is 4.79 Å². The number of carbonyl (C=O) groups is 2. The van der Waals surface area contributed by atoms with Gasteiger partial charge >= 0.3 is 0 Å². The lowest BCUT2D eigenvalue weighted by molar-refractivity contribution is -0.144. The van der Waals surface area contributed by atoms with Gasteiger partial charge in [0.25, 0.3) is 5.91 Å². The largest absolute Gasteiger partial charge is 0.347 e. The van der Waals surface area contributed by atoms with Crippen LogP contribution < -0.4 is 10.6 Å². The Bertz CT molecular complexity index is 1010. The molecule has 0 saturated heterocycles. The third-order valence-corrected chi connectivity index (χ3v) is 7.37. The number of nitrogens with one attached hydrogen (secondary N) is 2. The quantitative estimate of drug-likeness (QED) is 0.745. The first-order valence-corrected chi connectivity index (χ1v) is 11.1. The number of amides is 2. The summed E-state index contributed by atoms with van der Waals surface area (Å²) in [7, 11) is 0. The number of anilines is 1. The molecular weight excluding hydrogens is 398 g/mol. The van der Waals surface area contributed by atoms with Gasteiger partial charge in [0.15, 0.2) is 0 Å². The number of aryl methyl sites for hydroxylation is 1. The van der Waals surface area contributed by atoms with Crippen molar-refractivity contribution >= 4 is 29.2 Å². The van der Waals surface area contributed by atoms with Crippen LogP contribution in [0.1, 0.15) is 54.6 Å². The molecule has 4 bridgehead atoms. The Balaban J connectivity index is 1.39. The van der Waals surface area contributed by atoms with Gasteiger partial charge in [0.05, 0.1) is 5.41 Å². The van der Waals surface area contributed by atoms with Crippen molar-refractivity contribution in [1.29, 1.82) is 0 Å². The molecule has 4 aliphatic rings. The first-order valence-electron chi connectivity index (χ1n) is 10.7. The Hall–Kier alpha value is -2.40. The van der Waals surface area contributed by atoms with Crippen LogP contribution in [0.25, 0.3) is 0 Å². The number of nitrogens with zero attached hydrogens (tertiary/aromatic N) is 1. The van der Waals surface area contributed by atoms with Crippen LogP contribution in [0, 0.1) is 24.2 Å². The zero-order valence-corrected chi connectivity index (χ0v) is 17.8. The summed E-state index contributed by atoms with van der Waals surface area (Å²) in [6.45, 7) is 1.92. The second-order valence-electron chi connectivity index (χ2n) is 9.60. The molecule has 2 amide bonds. The zero-order chi connectivity index (χ0) is 20.9. The van der Waals surface area contributed by atoms with E-state index in [-0.39, 0.29) is 17.4 Å². The van der Waals surface area contributed by atoms with Gasteiger partial charge in [-0.25, -0.2) is 4.98 Å². The van der Waals surface area contributed by atoms with Crippen LogP contribution in [0.15, 0.2) is 42.5 Å². The van der Waals surface area contributed by atoms with Gasteiger partial charge in [-0.15, -0.1) is 0 Å². The van der Waals surface area contributed by atoms with Gasteiger partial charge in [-0.1, -0.05) is 23.7 Å². The number of halogens is 1. The number of pyridine rings is 1. The maximum absolute atomic E-state index is 13.4. The third-order valence-electron chi connectivity index (χ3n) is 7.14.